The highest BCUT2D eigenvalue weighted by atomic mass is 35.5. The second-order valence-electron chi connectivity index (χ2n) is 7.33. The Morgan fingerprint density at radius 1 is 1.19 bits per heavy atom. The second-order valence-corrected chi connectivity index (χ2v) is 7.77. The smallest absolute Gasteiger partial charge is 0.0406 e. The molecule has 1 aromatic carbocycles. The molecule has 1 fully saturated rings. The van der Waals surface area contributed by atoms with E-state index in [-0.39, 0.29) is 0 Å². The Labute approximate surface area is 134 Å². The minimum atomic E-state index is 0.305. The largest absolute Gasteiger partial charge is 0.311 e. The summed E-state index contributed by atoms with van der Waals surface area (Å²) >= 11 is 5.93. The molecular weight excluding hydrogens is 280 g/mol. The number of piperidine rings is 1. The average molecular weight is 309 g/mol. The number of hydrogen-bond donors (Lipinski definition) is 1. The maximum absolute atomic E-state index is 5.93. The Kier molecular flexibility index (Phi) is 5.70. The zero-order valence-electron chi connectivity index (χ0n) is 13.8. The molecular formula is C18H29ClN2. The van der Waals surface area contributed by atoms with Crippen molar-refractivity contribution >= 4 is 11.6 Å². The first-order valence-corrected chi connectivity index (χ1v) is 8.48. The Balaban J connectivity index is 1.76. The van der Waals surface area contributed by atoms with E-state index in [1.807, 2.05) is 12.1 Å². The van der Waals surface area contributed by atoms with Crippen molar-refractivity contribution in [3.63, 3.8) is 0 Å². The predicted octanol–water partition coefficient (Wildman–Crippen LogP) is 4.12. The molecule has 21 heavy (non-hydrogen) atoms. The summed E-state index contributed by atoms with van der Waals surface area (Å²) in [4.78, 5) is 2.59. The van der Waals surface area contributed by atoms with Crippen LogP contribution in [0.25, 0.3) is 0 Å². The van der Waals surface area contributed by atoms with Gasteiger partial charge in [-0.25, -0.2) is 0 Å². The second kappa shape index (κ2) is 7.13. The van der Waals surface area contributed by atoms with E-state index >= 15 is 0 Å². The zero-order chi connectivity index (χ0) is 15.5. The number of rotatable bonds is 4. The summed E-state index contributed by atoms with van der Waals surface area (Å²) in [6.45, 7) is 11.6. The molecule has 1 atom stereocenters. The van der Waals surface area contributed by atoms with Gasteiger partial charge in [0, 0.05) is 35.7 Å². The molecule has 2 nitrogen and oxygen atoms in total. The van der Waals surface area contributed by atoms with Crippen LogP contribution in [-0.2, 0) is 6.42 Å². The lowest BCUT2D eigenvalue weighted by Crippen LogP contribution is -2.51. The summed E-state index contributed by atoms with van der Waals surface area (Å²) in [5.41, 5.74) is 1.66. The Bertz CT molecular complexity index is 428. The van der Waals surface area contributed by atoms with Crippen molar-refractivity contribution in [2.45, 2.75) is 64.6 Å². The minimum absolute atomic E-state index is 0.305. The van der Waals surface area contributed by atoms with Gasteiger partial charge < -0.3 is 5.32 Å². The van der Waals surface area contributed by atoms with E-state index in [1.54, 1.807) is 0 Å². The van der Waals surface area contributed by atoms with Crippen LogP contribution < -0.4 is 5.32 Å². The molecule has 1 heterocycles. The molecule has 1 unspecified atom stereocenters. The lowest BCUT2D eigenvalue weighted by molar-refractivity contribution is 0.0942. The molecule has 1 aliphatic rings. The van der Waals surface area contributed by atoms with Gasteiger partial charge in [0.2, 0.25) is 0 Å². The van der Waals surface area contributed by atoms with Crippen molar-refractivity contribution in [3.8, 4) is 0 Å². The van der Waals surface area contributed by atoms with Crippen LogP contribution in [0.5, 0.6) is 0 Å². The fraction of sp³-hybridized carbons (Fsp3) is 0.667. The molecule has 1 aromatic rings. The number of benzene rings is 1. The number of hydrogen-bond acceptors (Lipinski definition) is 2. The maximum Gasteiger partial charge on any atom is 0.0406 e. The lowest BCUT2D eigenvalue weighted by Gasteiger charge is -2.41. The number of likely N-dealkylation sites (tertiary alicyclic amines) is 1. The molecule has 0 aliphatic carbocycles. The van der Waals surface area contributed by atoms with Gasteiger partial charge in [0.15, 0.2) is 0 Å². The summed E-state index contributed by atoms with van der Waals surface area (Å²) in [5, 5.41) is 4.61. The Morgan fingerprint density at radius 2 is 1.76 bits per heavy atom. The number of nitrogens with one attached hydrogen (secondary N) is 1. The fourth-order valence-electron chi connectivity index (χ4n) is 3.15. The monoisotopic (exact) mass is 308 g/mol. The first kappa shape index (κ1) is 16.8. The maximum atomic E-state index is 5.93. The summed E-state index contributed by atoms with van der Waals surface area (Å²) in [5.74, 6) is 0. The quantitative estimate of drug-likeness (QED) is 0.900. The van der Waals surface area contributed by atoms with Crippen LogP contribution in [0.3, 0.4) is 0 Å². The van der Waals surface area contributed by atoms with Gasteiger partial charge in [-0.05, 0) is 64.7 Å². The van der Waals surface area contributed by atoms with Crippen LogP contribution in [0.2, 0.25) is 5.02 Å². The third-order valence-corrected chi connectivity index (χ3v) is 4.67. The molecule has 0 amide bonds. The van der Waals surface area contributed by atoms with Gasteiger partial charge in [-0.15, -0.1) is 0 Å². The first-order chi connectivity index (χ1) is 9.84. The highest BCUT2D eigenvalue weighted by Gasteiger charge is 2.27. The molecule has 1 saturated heterocycles. The van der Waals surface area contributed by atoms with Gasteiger partial charge in [-0.3, -0.25) is 4.90 Å². The van der Waals surface area contributed by atoms with Crippen LogP contribution in [0.15, 0.2) is 24.3 Å². The third-order valence-electron chi connectivity index (χ3n) is 4.42. The van der Waals surface area contributed by atoms with E-state index in [4.69, 9.17) is 11.6 Å². The van der Waals surface area contributed by atoms with Crippen molar-refractivity contribution in [1.29, 1.82) is 0 Å². The third kappa shape index (κ3) is 5.28. The first-order valence-electron chi connectivity index (χ1n) is 8.10. The van der Waals surface area contributed by atoms with Crippen molar-refractivity contribution in [2.75, 3.05) is 13.1 Å². The molecule has 0 saturated carbocycles. The van der Waals surface area contributed by atoms with Gasteiger partial charge in [0.05, 0.1) is 0 Å². The summed E-state index contributed by atoms with van der Waals surface area (Å²) in [7, 11) is 0. The highest BCUT2D eigenvalue weighted by Crippen LogP contribution is 2.20. The van der Waals surface area contributed by atoms with E-state index in [9.17, 15) is 0 Å². The summed E-state index contributed by atoms with van der Waals surface area (Å²) in [6.07, 6.45) is 3.57. The summed E-state index contributed by atoms with van der Waals surface area (Å²) in [6, 6.07) is 9.38. The molecule has 2 rings (SSSR count). The van der Waals surface area contributed by atoms with Crippen molar-refractivity contribution < 1.29 is 0 Å². The lowest BCUT2D eigenvalue weighted by atomic mass is 9.97. The number of halogens is 1. The molecule has 3 heteroatoms. The van der Waals surface area contributed by atoms with Crippen LogP contribution in [0.1, 0.15) is 46.1 Å². The summed E-state index contributed by atoms with van der Waals surface area (Å²) < 4.78 is 0. The van der Waals surface area contributed by atoms with Gasteiger partial charge in [0.1, 0.15) is 0 Å². The van der Waals surface area contributed by atoms with Crippen LogP contribution in [0, 0.1) is 0 Å². The van der Waals surface area contributed by atoms with Crippen molar-refractivity contribution in [2.24, 2.45) is 0 Å². The SMILES string of the molecule is CC(Cc1ccc(Cl)cc1)NC1CCN(C(C)(C)C)CC1. The van der Waals surface area contributed by atoms with Crippen molar-refractivity contribution in [3.05, 3.63) is 34.9 Å². The Hall–Kier alpha value is -0.570. The molecule has 1 N–H and O–H groups in total. The molecule has 0 aromatic heterocycles. The molecule has 0 spiro atoms. The van der Waals surface area contributed by atoms with Crippen LogP contribution in [0.4, 0.5) is 0 Å². The fourth-order valence-corrected chi connectivity index (χ4v) is 3.28. The minimum Gasteiger partial charge on any atom is -0.311 e. The van der Waals surface area contributed by atoms with E-state index in [1.165, 1.54) is 31.5 Å². The normalized spacial score (nSPS) is 19.7. The van der Waals surface area contributed by atoms with E-state index in [2.05, 4.69) is 50.0 Å². The topological polar surface area (TPSA) is 15.3 Å². The van der Waals surface area contributed by atoms with Crippen LogP contribution >= 0.6 is 11.6 Å². The van der Waals surface area contributed by atoms with Gasteiger partial charge in [-0.2, -0.15) is 0 Å². The van der Waals surface area contributed by atoms with Crippen LogP contribution in [-0.4, -0.2) is 35.6 Å². The molecule has 118 valence electrons. The van der Waals surface area contributed by atoms with E-state index in [0.29, 0.717) is 17.6 Å². The highest BCUT2D eigenvalue weighted by molar-refractivity contribution is 6.30. The number of nitrogens with zero attached hydrogens (tertiary/aromatic N) is 1. The van der Waals surface area contributed by atoms with E-state index in [0.717, 1.165) is 11.4 Å². The molecule has 0 radical (unpaired) electrons. The predicted molar refractivity (Wildman–Crippen MR) is 92.1 cm³/mol. The van der Waals surface area contributed by atoms with Gasteiger partial charge in [-0.1, -0.05) is 23.7 Å². The standard InChI is InChI=1S/C18H29ClN2/c1-14(13-15-5-7-16(19)8-6-15)20-17-9-11-21(12-10-17)18(2,3)4/h5-8,14,17,20H,9-13H2,1-4H3. The van der Waals surface area contributed by atoms with Crippen molar-refractivity contribution in [1.82, 2.24) is 10.2 Å². The Morgan fingerprint density at radius 3 is 2.29 bits per heavy atom. The zero-order valence-corrected chi connectivity index (χ0v) is 14.6. The molecule has 0 bridgehead atoms. The molecule has 1 aliphatic heterocycles. The van der Waals surface area contributed by atoms with E-state index < -0.39 is 0 Å². The van der Waals surface area contributed by atoms with Gasteiger partial charge >= 0.3 is 0 Å². The van der Waals surface area contributed by atoms with Gasteiger partial charge in [0.25, 0.3) is 0 Å². The average Bonchev–Trinajstić information content (AvgIpc) is 2.41.